The van der Waals surface area contributed by atoms with E-state index in [1.165, 1.54) is 0 Å². The summed E-state index contributed by atoms with van der Waals surface area (Å²) in [7, 11) is 0.950. The van der Waals surface area contributed by atoms with Gasteiger partial charge in [0.2, 0.25) is 0 Å². The molecule has 1 aliphatic rings. The molecule has 2 aromatic rings. The molecule has 1 saturated heterocycles. The normalized spacial score (nSPS) is 17.5. The quantitative estimate of drug-likeness (QED) is 0.828. The lowest BCUT2D eigenvalue weighted by Crippen LogP contribution is -2.08. The van der Waals surface area contributed by atoms with Crippen molar-refractivity contribution in [3.8, 4) is 17.2 Å². The molecular formula is C16H21BN2O4. The Kier molecular flexibility index (Phi) is 4.88. The Balaban J connectivity index is 1.82. The minimum Gasteiger partial charge on any atom is -0.493 e. The highest BCUT2D eigenvalue weighted by Gasteiger charge is 2.31. The molecule has 1 aliphatic heterocycles. The molecule has 0 radical (unpaired) electrons. The number of aromatic nitrogens is 2. The number of nitrogens with zero attached hydrogens (tertiary/aromatic N) is 2. The van der Waals surface area contributed by atoms with E-state index in [1.807, 2.05) is 30.5 Å². The van der Waals surface area contributed by atoms with Crippen molar-refractivity contribution >= 4 is 7.12 Å². The zero-order chi connectivity index (χ0) is 16.2. The summed E-state index contributed by atoms with van der Waals surface area (Å²) in [5.74, 6) is 1.56. The molecule has 1 atom stereocenters. The molecular weight excluding hydrogens is 295 g/mol. The SMILES string of the molecule is CCCOc1cc(-n2ccc([C@H]3COB(O)C3)n2)ccc1OC. The van der Waals surface area contributed by atoms with E-state index in [-0.39, 0.29) is 5.92 Å². The van der Waals surface area contributed by atoms with Crippen LogP contribution < -0.4 is 9.47 Å². The maximum Gasteiger partial charge on any atom is 0.454 e. The zero-order valence-corrected chi connectivity index (χ0v) is 13.4. The first-order valence-corrected chi connectivity index (χ1v) is 7.87. The van der Waals surface area contributed by atoms with E-state index in [9.17, 15) is 5.02 Å². The van der Waals surface area contributed by atoms with Crippen LogP contribution in [0.1, 0.15) is 25.0 Å². The van der Waals surface area contributed by atoms with E-state index >= 15 is 0 Å². The smallest absolute Gasteiger partial charge is 0.454 e. The van der Waals surface area contributed by atoms with Crippen molar-refractivity contribution in [2.45, 2.75) is 25.6 Å². The van der Waals surface area contributed by atoms with Crippen LogP contribution in [-0.2, 0) is 4.65 Å². The van der Waals surface area contributed by atoms with E-state index in [4.69, 9.17) is 14.1 Å². The Labute approximate surface area is 136 Å². The number of benzene rings is 1. The monoisotopic (exact) mass is 316 g/mol. The molecule has 7 heteroatoms. The van der Waals surface area contributed by atoms with Gasteiger partial charge in [0.05, 0.1) is 25.1 Å². The number of ether oxygens (including phenoxy) is 2. The highest BCUT2D eigenvalue weighted by Crippen LogP contribution is 2.31. The van der Waals surface area contributed by atoms with Crippen LogP contribution in [-0.4, -0.2) is 42.2 Å². The van der Waals surface area contributed by atoms with Crippen molar-refractivity contribution in [2.75, 3.05) is 20.3 Å². The number of hydrogen-bond acceptors (Lipinski definition) is 5. The zero-order valence-electron chi connectivity index (χ0n) is 13.4. The lowest BCUT2D eigenvalue weighted by molar-refractivity contribution is 0.291. The second-order valence-corrected chi connectivity index (χ2v) is 5.59. The van der Waals surface area contributed by atoms with Crippen molar-refractivity contribution in [1.82, 2.24) is 9.78 Å². The fourth-order valence-electron chi connectivity index (χ4n) is 2.65. The Morgan fingerprint density at radius 2 is 2.26 bits per heavy atom. The highest BCUT2D eigenvalue weighted by molar-refractivity contribution is 6.43. The molecule has 0 unspecified atom stereocenters. The fourth-order valence-corrected chi connectivity index (χ4v) is 2.65. The van der Waals surface area contributed by atoms with Gasteiger partial charge in [-0.15, -0.1) is 0 Å². The molecule has 1 aromatic heterocycles. The average molecular weight is 316 g/mol. The molecule has 1 N–H and O–H groups in total. The van der Waals surface area contributed by atoms with Crippen LogP contribution in [0.2, 0.25) is 6.32 Å². The first kappa shape index (κ1) is 15.9. The van der Waals surface area contributed by atoms with E-state index in [0.717, 1.165) is 17.8 Å². The Morgan fingerprint density at radius 3 is 2.96 bits per heavy atom. The van der Waals surface area contributed by atoms with E-state index < -0.39 is 7.12 Å². The van der Waals surface area contributed by atoms with Crippen LogP contribution in [0.15, 0.2) is 30.5 Å². The molecule has 0 spiro atoms. The summed E-state index contributed by atoms with van der Waals surface area (Å²) in [5, 5.41) is 14.1. The summed E-state index contributed by atoms with van der Waals surface area (Å²) in [4.78, 5) is 0. The van der Waals surface area contributed by atoms with Crippen molar-refractivity contribution in [3.05, 3.63) is 36.2 Å². The minimum atomic E-state index is -0.680. The molecule has 6 nitrogen and oxygen atoms in total. The van der Waals surface area contributed by atoms with Gasteiger partial charge in [-0.25, -0.2) is 4.68 Å². The Hall–Kier alpha value is -1.99. The maximum atomic E-state index is 9.47. The number of hydrogen-bond donors (Lipinski definition) is 1. The molecule has 2 heterocycles. The molecule has 0 aliphatic carbocycles. The number of methoxy groups -OCH3 is 1. The van der Waals surface area contributed by atoms with Gasteiger partial charge in [-0.2, -0.15) is 5.10 Å². The largest absolute Gasteiger partial charge is 0.493 e. The van der Waals surface area contributed by atoms with Crippen molar-refractivity contribution in [2.24, 2.45) is 0 Å². The molecule has 0 saturated carbocycles. The second-order valence-electron chi connectivity index (χ2n) is 5.59. The average Bonchev–Trinajstić information content (AvgIpc) is 3.21. The summed E-state index contributed by atoms with van der Waals surface area (Å²) in [6, 6.07) is 7.70. The maximum absolute atomic E-state index is 9.47. The van der Waals surface area contributed by atoms with Crippen LogP contribution in [0, 0.1) is 0 Å². The Morgan fingerprint density at radius 1 is 1.39 bits per heavy atom. The third kappa shape index (κ3) is 3.51. The predicted molar refractivity (Wildman–Crippen MR) is 87.4 cm³/mol. The van der Waals surface area contributed by atoms with Crippen LogP contribution in [0.4, 0.5) is 0 Å². The van der Waals surface area contributed by atoms with Gasteiger partial charge >= 0.3 is 7.12 Å². The van der Waals surface area contributed by atoms with Crippen molar-refractivity contribution < 1.29 is 19.2 Å². The predicted octanol–water partition coefficient (Wildman–Crippen LogP) is 2.26. The lowest BCUT2D eigenvalue weighted by Gasteiger charge is -2.12. The van der Waals surface area contributed by atoms with Gasteiger partial charge in [0, 0.05) is 24.8 Å². The molecule has 23 heavy (non-hydrogen) atoms. The van der Waals surface area contributed by atoms with Gasteiger partial charge in [0.15, 0.2) is 11.5 Å². The highest BCUT2D eigenvalue weighted by atomic mass is 16.5. The van der Waals surface area contributed by atoms with Gasteiger partial charge < -0.3 is 19.2 Å². The van der Waals surface area contributed by atoms with Crippen LogP contribution in [0.3, 0.4) is 0 Å². The van der Waals surface area contributed by atoms with Gasteiger partial charge in [-0.1, -0.05) is 6.92 Å². The van der Waals surface area contributed by atoms with Gasteiger partial charge in [0.25, 0.3) is 0 Å². The molecule has 1 fully saturated rings. The first-order valence-electron chi connectivity index (χ1n) is 7.87. The standard InChI is InChI=1S/C16H21BN2O4/c1-3-8-22-16-9-13(4-5-15(16)21-2)19-7-6-14(18-19)12-10-17(20)23-11-12/h4-7,9,12,20H,3,8,10-11H2,1-2H3/t12-/m1/s1. The second kappa shape index (κ2) is 7.06. The third-order valence-electron chi connectivity index (χ3n) is 3.88. The summed E-state index contributed by atoms with van der Waals surface area (Å²) < 4.78 is 18.1. The van der Waals surface area contributed by atoms with Gasteiger partial charge in [-0.05, 0) is 30.9 Å². The van der Waals surface area contributed by atoms with Crippen molar-refractivity contribution in [1.29, 1.82) is 0 Å². The van der Waals surface area contributed by atoms with E-state index in [2.05, 4.69) is 12.0 Å². The molecule has 122 valence electrons. The minimum absolute atomic E-state index is 0.139. The fraction of sp³-hybridized carbons (Fsp3) is 0.438. The molecule has 1 aromatic carbocycles. The van der Waals surface area contributed by atoms with Crippen LogP contribution >= 0.6 is 0 Å². The van der Waals surface area contributed by atoms with E-state index in [0.29, 0.717) is 31.0 Å². The van der Waals surface area contributed by atoms with E-state index in [1.54, 1.807) is 11.8 Å². The lowest BCUT2D eigenvalue weighted by atomic mass is 9.81. The third-order valence-corrected chi connectivity index (χ3v) is 3.88. The topological polar surface area (TPSA) is 65.7 Å². The molecule has 0 bridgehead atoms. The Bertz CT molecular complexity index is 661. The molecule has 3 rings (SSSR count). The number of rotatable bonds is 6. The van der Waals surface area contributed by atoms with Gasteiger partial charge in [-0.3, -0.25) is 0 Å². The summed E-state index contributed by atoms with van der Waals surface area (Å²) in [6.45, 7) is 3.21. The van der Waals surface area contributed by atoms with Crippen LogP contribution in [0.5, 0.6) is 11.5 Å². The summed E-state index contributed by atoms with van der Waals surface area (Å²) >= 11 is 0. The van der Waals surface area contributed by atoms with Crippen molar-refractivity contribution in [3.63, 3.8) is 0 Å². The van der Waals surface area contributed by atoms with Crippen LogP contribution in [0.25, 0.3) is 5.69 Å². The summed E-state index contributed by atoms with van der Waals surface area (Å²) in [6.07, 6.45) is 3.43. The molecule has 0 amide bonds. The summed E-state index contributed by atoms with van der Waals surface area (Å²) in [5.41, 5.74) is 1.83. The van der Waals surface area contributed by atoms with Gasteiger partial charge in [0.1, 0.15) is 0 Å². The first-order chi connectivity index (χ1) is 11.2.